The van der Waals surface area contributed by atoms with E-state index >= 15 is 0 Å². The van der Waals surface area contributed by atoms with Crippen molar-refractivity contribution in [3.63, 3.8) is 0 Å². The van der Waals surface area contributed by atoms with Crippen LogP contribution in [0, 0.1) is 5.41 Å². The molecule has 0 aliphatic carbocycles. The van der Waals surface area contributed by atoms with Crippen LogP contribution in [0.25, 0.3) is 0 Å². The van der Waals surface area contributed by atoms with Crippen molar-refractivity contribution in [1.82, 2.24) is 5.32 Å². The lowest BCUT2D eigenvalue weighted by atomic mass is 9.80. The summed E-state index contributed by atoms with van der Waals surface area (Å²) >= 11 is 0. The van der Waals surface area contributed by atoms with Gasteiger partial charge in [-0.25, -0.2) is 4.79 Å². The lowest BCUT2D eigenvalue weighted by molar-refractivity contribution is 0.0387. The van der Waals surface area contributed by atoms with E-state index in [9.17, 15) is 4.79 Å². The fourth-order valence-corrected chi connectivity index (χ4v) is 2.15. The molecule has 0 saturated carbocycles. The van der Waals surface area contributed by atoms with Crippen molar-refractivity contribution < 1.29 is 14.3 Å². The summed E-state index contributed by atoms with van der Waals surface area (Å²) in [7, 11) is 0. The molecule has 2 rings (SSSR count). The highest BCUT2D eigenvalue weighted by molar-refractivity contribution is 5.85. The van der Waals surface area contributed by atoms with Crippen LogP contribution in [0.5, 0.6) is 5.75 Å². The van der Waals surface area contributed by atoms with E-state index in [0.29, 0.717) is 13.2 Å². The third-order valence-corrected chi connectivity index (χ3v) is 3.14. The number of nitrogens with one attached hydrogen (secondary N) is 1. The number of halogens is 1. The molecule has 1 saturated heterocycles. The molecule has 1 amide bonds. The van der Waals surface area contributed by atoms with Crippen LogP contribution in [0.15, 0.2) is 24.3 Å². The van der Waals surface area contributed by atoms with E-state index in [-0.39, 0.29) is 30.0 Å². The average molecular weight is 286 g/mol. The minimum absolute atomic E-state index is 0. The quantitative estimate of drug-likeness (QED) is 0.927. The van der Waals surface area contributed by atoms with E-state index in [2.05, 4.69) is 19.2 Å². The Balaban J connectivity index is 0.00000180. The van der Waals surface area contributed by atoms with Crippen LogP contribution >= 0.6 is 12.4 Å². The zero-order valence-corrected chi connectivity index (χ0v) is 12.3. The van der Waals surface area contributed by atoms with Gasteiger partial charge in [0.2, 0.25) is 0 Å². The number of amides is 1. The third kappa shape index (κ3) is 3.53. The van der Waals surface area contributed by atoms with Gasteiger partial charge in [-0.15, -0.1) is 12.4 Å². The summed E-state index contributed by atoms with van der Waals surface area (Å²) in [5.41, 5.74) is 0.946. The van der Waals surface area contributed by atoms with Crippen LogP contribution in [-0.2, 0) is 4.74 Å². The summed E-state index contributed by atoms with van der Waals surface area (Å²) in [5, 5.41) is 2.87. The molecule has 106 valence electrons. The monoisotopic (exact) mass is 285 g/mol. The molecule has 1 heterocycles. The predicted molar refractivity (Wildman–Crippen MR) is 75.9 cm³/mol. The van der Waals surface area contributed by atoms with Gasteiger partial charge < -0.3 is 14.8 Å². The second-order valence-electron chi connectivity index (χ2n) is 5.14. The number of carbonyl (C=O) groups excluding carboxylic acids is 1. The highest BCUT2D eigenvalue weighted by atomic mass is 35.5. The normalized spacial score (nSPS) is 20.8. The van der Waals surface area contributed by atoms with Gasteiger partial charge in [-0.05, 0) is 24.6 Å². The Kier molecular flexibility index (Phi) is 5.06. The van der Waals surface area contributed by atoms with Crippen molar-refractivity contribution in [2.75, 3.05) is 13.2 Å². The Bertz CT molecular complexity index is 431. The second kappa shape index (κ2) is 6.15. The largest absolute Gasteiger partial charge is 0.494 e. The maximum absolute atomic E-state index is 11.3. The summed E-state index contributed by atoms with van der Waals surface area (Å²) in [4.78, 5) is 11.3. The van der Waals surface area contributed by atoms with Crippen LogP contribution < -0.4 is 10.1 Å². The molecule has 1 atom stereocenters. The van der Waals surface area contributed by atoms with Gasteiger partial charge >= 0.3 is 6.09 Å². The van der Waals surface area contributed by atoms with Crippen molar-refractivity contribution in [3.8, 4) is 5.75 Å². The van der Waals surface area contributed by atoms with E-state index in [1.54, 1.807) is 0 Å². The molecule has 4 nitrogen and oxygen atoms in total. The second-order valence-corrected chi connectivity index (χ2v) is 5.14. The first-order chi connectivity index (χ1) is 8.53. The van der Waals surface area contributed by atoms with Crippen LogP contribution in [-0.4, -0.2) is 19.3 Å². The average Bonchev–Trinajstić information content (AvgIpc) is 2.34. The summed E-state index contributed by atoms with van der Waals surface area (Å²) in [6.45, 7) is 7.19. The van der Waals surface area contributed by atoms with E-state index < -0.39 is 0 Å². The molecular formula is C14H20ClNO3. The van der Waals surface area contributed by atoms with Gasteiger partial charge in [0.25, 0.3) is 0 Å². The number of rotatable bonds is 3. The topological polar surface area (TPSA) is 47.6 Å². The van der Waals surface area contributed by atoms with Crippen molar-refractivity contribution in [2.24, 2.45) is 5.41 Å². The number of carbonyl (C=O) groups is 1. The molecule has 1 fully saturated rings. The summed E-state index contributed by atoms with van der Waals surface area (Å²) in [5.74, 6) is 0.845. The van der Waals surface area contributed by atoms with Crippen LogP contribution in [0.2, 0.25) is 0 Å². The molecule has 19 heavy (non-hydrogen) atoms. The van der Waals surface area contributed by atoms with Crippen molar-refractivity contribution in [3.05, 3.63) is 29.8 Å². The van der Waals surface area contributed by atoms with Gasteiger partial charge in [0.05, 0.1) is 12.6 Å². The molecule has 0 unspecified atom stereocenters. The van der Waals surface area contributed by atoms with Gasteiger partial charge in [0.1, 0.15) is 12.4 Å². The first-order valence-corrected chi connectivity index (χ1v) is 6.19. The molecular weight excluding hydrogens is 266 g/mol. The Morgan fingerprint density at radius 1 is 1.37 bits per heavy atom. The highest BCUT2D eigenvalue weighted by Crippen LogP contribution is 2.36. The molecule has 1 aliphatic rings. The number of benzene rings is 1. The number of ether oxygens (including phenoxy) is 2. The summed E-state index contributed by atoms with van der Waals surface area (Å²) in [6, 6.07) is 7.80. The van der Waals surface area contributed by atoms with E-state index in [4.69, 9.17) is 9.47 Å². The minimum atomic E-state index is -0.354. The predicted octanol–water partition coefficient (Wildman–Crippen LogP) is 3.31. The SMILES string of the molecule is CCOc1ccc([C@H]2NC(=O)OCC2(C)C)cc1.Cl. The maximum atomic E-state index is 11.3. The Labute approximate surface area is 119 Å². The van der Waals surface area contributed by atoms with E-state index in [1.165, 1.54) is 0 Å². The minimum Gasteiger partial charge on any atom is -0.494 e. The fourth-order valence-electron chi connectivity index (χ4n) is 2.15. The van der Waals surface area contributed by atoms with Crippen LogP contribution in [0.4, 0.5) is 4.79 Å². The first kappa shape index (κ1) is 15.6. The van der Waals surface area contributed by atoms with Gasteiger partial charge in [-0.1, -0.05) is 26.0 Å². The lowest BCUT2D eigenvalue weighted by Gasteiger charge is -2.38. The van der Waals surface area contributed by atoms with Crippen molar-refractivity contribution in [1.29, 1.82) is 0 Å². The standard InChI is InChI=1S/C14H19NO3.ClH/c1-4-17-11-7-5-10(6-8-11)12-14(2,3)9-18-13(16)15-12;/h5-8,12H,4,9H2,1-3H3,(H,15,16);1H/t12-;/m1./s1. The smallest absolute Gasteiger partial charge is 0.407 e. The maximum Gasteiger partial charge on any atom is 0.407 e. The van der Waals surface area contributed by atoms with Crippen LogP contribution in [0.1, 0.15) is 32.4 Å². The number of hydrogen-bond donors (Lipinski definition) is 1. The molecule has 5 heteroatoms. The Morgan fingerprint density at radius 2 is 2.00 bits per heavy atom. The Morgan fingerprint density at radius 3 is 2.58 bits per heavy atom. The number of cyclic esters (lactones) is 1. The van der Waals surface area contributed by atoms with Gasteiger partial charge in [-0.2, -0.15) is 0 Å². The van der Waals surface area contributed by atoms with E-state index in [1.807, 2.05) is 31.2 Å². The third-order valence-electron chi connectivity index (χ3n) is 3.14. The van der Waals surface area contributed by atoms with Crippen molar-refractivity contribution in [2.45, 2.75) is 26.8 Å². The van der Waals surface area contributed by atoms with Gasteiger partial charge in [0, 0.05) is 5.41 Å². The number of hydrogen-bond acceptors (Lipinski definition) is 3. The highest BCUT2D eigenvalue weighted by Gasteiger charge is 2.37. The molecule has 1 aromatic carbocycles. The zero-order chi connectivity index (χ0) is 13.2. The zero-order valence-electron chi connectivity index (χ0n) is 11.4. The molecule has 0 spiro atoms. The summed E-state index contributed by atoms with van der Waals surface area (Å²) in [6.07, 6.45) is -0.354. The van der Waals surface area contributed by atoms with E-state index in [0.717, 1.165) is 11.3 Å². The molecule has 0 aromatic heterocycles. The fraction of sp³-hybridized carbons (Fsp3) is 0.500. The van der Waals surface area contributed by atoms with Crippen LogP contribution in [0.3, 0.4) is 0 Å². The molecule has 1 N–H and O–H groups in total. The molecule has 1 aromatic rings. The molecule has 0 radical (unpaired) electrons. The first-order valence-electron chi connectivity index (χ1n) is 6.19. The molecule has 0 bridgehead atoms. The lowest BCUT2D eigenvalue weighted by Crippen LogP contribution is -2.46. The van der Waals surface area contributed by atoms with Gasteiger partial charge in [-0.3, -0.25) is 0 Å². The summed E-state index contributed by atoms with van der Waals surface area (Å²) < 4.78 is 10.4. The van der Waals surface area contributed by atoms with Gasteiger partial charge in [0.15, 0.2) is 0 Å². The number of alkyl carbamates (subject to hydrolysis) is 1. The Hall–Kier alpha value is -1.42. The van der Waals surface area contributed by atoms with Crippen molar-refractivity contribution >= 4 is 18.5 Å². The molecule has 1 aliphatic heterocycles.